The normalized spacial score (nSPS) is 17.9. The number of nitrogen functional groups attached to an aromatic ring is 1. The highest BCUT2D eigenvalue weighted by atomic mass is 32.2. The van der Waals surface area contributed by atoms with Crippen LogP contribution in [-0.2, 0) is 0 Å². The summed E-state index contributed by atoms with van der Waals surface area (Å²) in [6.45, 7) is 0. The second kappa shape index (κ2) is 4.14. The molecule has 1 saturated heterocycles. The second-order valence-electron chi connectivity index (χ2n) is 3.59. The van der Waals surface area contributed by atoms with Crippen molar-refractivity contribution >= 4 is 23.5 Å². The number of aromatic carboxylic acids is 1. The Labute approximate surface area is 91.4 Å². The van der Waals surface area contributed by atoms with Crippen LogP contribution in [0.15, 0.2) is 0 Å². The molecule has 0 saturated carbocycles. The third-order valence-electron chi connectivity index (χ3n) is 2.68. The summed E-state index contributed by atoms with van der Waals surface area (Å²) in [4.78, 5) is 10.9. The molecule has 2 rings (SSSR count). The van der Waals surface area contributed by atoms with Gasteiger partial charge in [0.25, 0.3) is 0 Å². The monoisotopic (exact) mass is 227 g/mol. The Morgan fingerprint density at radius 1 is 1.53 bits per heavy atom. The van der Waals surface area contributed by atoms with E-state index in [1.54, 1.807) is 0 Å². The maximum Gasteiger partial charge on any atom is 0.354 e. The molecule has 4 N–H and O–H groups in total. The number of carboxylic acid groups (broad SMARTS) is 1. The van der Waals surface area contributed by atoms with Crippen molar-refractivity contribution in [1.29, 1.82) is 0 Å². The fraction of sp³-hybridized carbons (Fsp3) is 0.556. The molecular weight excluding hydrogens is 214 g/mol. The number of nitrogens with two attached hydrogens (primary N) is 1. The van der Waals surface area contributed by atoms with Crippen LogP contribution in [0.5, 0.6) is 0 Å². The van der Waals surface area contributed by atoms with E-state index in [1.807, 2.05) is 11.8 Å². The molecule has 1 aromatic heterocycles. The van der Waals surface area contributed by atoms with Gasteiger partial charge in [0.1, 0.15) is 11.5 Å². The van der Waals surface area contributed by atoms with Gasteiger partial charge in [-0.3, -0.25) is 5.10 Å². The van der Waals surface area contributed by atoms with Crippen LogP contribution in [0.2, 0.25) is 0 Å². The van der Waals surface area contributed by atoms with Gasteiger partial charge in [-0.15, -0.1) is 0 Å². The van der Waals surface area contributed by atoms with Crippen LogP contribution in [0.3, 0.4) is 0 Å². The van der Waals surface area contributed by atoms with Crippen LogP contribution in [0.1, 0.15) is 34.8 Å². The van der Waals surface area contributed by atoms with Crippen molar-refractivity contribution in [1.82, 2.24) is 10.2 Å². The predicted octanol–water partition coefficient (Wildman–Crippen LogP) is 1.30. The van der Waals surface area contributed by atoms with Gasteiger partial charge in [0.15, 0.2) is 0 Å². The number of H-pyrrole nitrogens is 1. The van der Waals surface area contributed by atoms with Crippen molar-refractivity contribution in [2.75, 3.05) is 17.2 Å². The standard InChI is InChI=1S/C9H13N3O2S/c10-8-6(5-1-3-15-4-2-5)7(9(13)14)11-12-8/h5H,1-4H2,(H,13,14)(H3,10,11,12). The van der Waals surface area contributed by atoms with Gasteiger partial charge in [-0.1, -0.05) is 0 Å². The molecule has 1 fully saturated rings. The van der Waals surface area contributed by atoms with E-state index in [0.717, 1.165) is 24.3 Å². The third-order valence-corrected chi connectivity index (χ3v) is 3.73. The number of hydrogen-bond donors (Lipinski definition) is 3. The van der Waals surface area contributed by atoms with Crippen LogP contribution in [0.25, 0.3) is 0 Å². The van der Waals surface area contributed by atoms with E-state index in [1.165, 1.54) is 0 Å². The lowest BCUT2D eigenvalue weighted by Crippen LogP contribution is -2.13. The van der Waals surface area contributed by atoms with Gasteiger partial charge in [-0.2, -0.15) is 16.9 Å². The summed E-state index contributed by atoms with van der Waals surface area (Å²) in [7, 11) is 0. The molecule has 0 aromatic carbocycles. The zero-order valence-electron chi connectivity index (χ0n) is 8.19. The number of hydrogen-bond acceptors (Lipinski definition) is 4. The summed E-state index contributed by atoms with van der Waals surface area (Å²) in [5.41, 5.74) is 6.55. The highest BCUT2D eigenvalue weighted by Gasteiger charge is 2.26. The SMILES string of the molecule is Nc1n[nH]c(C(=O)O)c1C1CCSCC1. The molecule has 6 heteroatoms. The van der Waals surface area contributed by atoms with Crippen LogP contribution < -0.4 is 5.73 Å². The van der Waals surface area contributed by atoms with E-state index in [2.05, 4.69) is 10.2 Å². The van der Waals surface area contributed by atoms with Crippen LogP contribution in [0, 0.1) is 0 Å². The average Bonchev–Trinajstić information content (AvgIpc) is 2.61. The van der Waals surface area contributed by atoms with E-state index < -0.39 is 5.97 Å². The van der Waals surface area contributed by atoms with Crippen molar-refractivity contribution in [3.8, 4) is 0 Å². The number of aromatic amines is 1. The van der Waals surface area contributed by atoms with E-state index in [9.17, 15) is 4.79 Å². The number of carbonyl (C=O) groups is 1. The minimum atomic E-state index is -0.979. The highest BCUT2D eigenvalue weighted by molar-refractivity contribution is 7.99. The Kier molecular flexibility index (Phi) is 2.86. The van der Waals surface area contributed by atoms with E-state index in [0.29, 0.717) is 11.4 Å². The summed E-state index contributed by atoms with van der Waals surface area (Å²) in [6.07, 6.45) is 1.96. The van der Waals surface area contributed by atoms with Gasteiger partial charge in [0.05, 0.1) is 0 Å². The van der Waals surface area contributed by atoms with Crippen molar-refractivity contribution < 1.29 is 9.90 Å². The Morgan fingerprint density at radius 2 is 2.20 bits per heavy atom. The van der Waals surface area contributed by atoms with Crippen molar-refractivity contribution in [2.45, 2.75) is 18.8 Å². The summed E-state index contributed by atoms with van der Waals surface area (Å²) < 4.78 is 0. The second-order valence-corrected chi connectivity index (χ2v) is 4.81. The predicted molar refractivity (Wildman–Crippen MR) is 59.3 cm³/mol. The van der Waals surface area contributed by atoms with Gasteiger partial charge in [0.2, 0.25) is 0 Å². The number of aromatic nitrogens is 2. The highest BCUT2D eigenvalue weighted by Crippen LogP contribution is 2.35. The fourth-order valence-electron chi connectivity index (χ4n) is 1.93. The number of rotatable bonds is 2. The lowest BCUT2D eigenvalue weighted by molar-refractivity contribution is 0.0688. The maximum absolute atomic E-state index is 10.9. The van der Waals surface area contributed by atoms with Crippen LogP contribution >= 0.6 is 11.8 Å². The van der Waals surface area contributed by atoms with E-state index in [-0.39, 0.29) is 11.6 Å². The van der Waals surface area contributed by atoms with Crippen molar-refractivity contribution in [2.24, 2.45) is 0 Å². The molecule has 15 heavy (non-hydrogen) atoms. The van der Waals surface area contributed by atoms with Gasteiger partial charge in [-0.05, 0) is 30.3 Å². The zero-order valence-corrected chi connectivity index (χ0v) is 9.01. The quantitative estimate of drug-likeness (QED) is 0.708. The van der Waals surface area contributed by atoms with Gasteiger partial charge < -0.3 is 10.8 Å². The number of nitrogens with one attached hydrogen (secondary N) is 1. The van der Waals surface area contributed by atoms with Gasteiger partial charge in [0, 0.05) is 5.56 Å². The lowest BCUT2D eigenvalue weighted by atomic mass is 9.93. The first-order valence-electron chi connectivity index (χ1n) is 4.85. The first-order valence-corrected chi connectivity index (χ1v) is 6.00. The molecule has 2 heterocycles. The van der Waals surface area contributed by atoms with Crippen LogP contribution in [-0.4, -0.2) is 32.8 Å². The molecule has 0 unspecified atom stereocenters. The molecular formula is C9H13N3O2S. The van der Waals surface area contributed by atoms with Crippen molar-refractivity contribution in [3.05, 3.63) is 11.3 Å². The summed E-state index contributed by atoms with van der Waals surface area (Å²) >= 11 is 1.90. The molecule has 0 radical (unpaired) electrons. The molecule has 0 amide bonds. The molecule has 82 valence electrons. The molecule has 1 aliphatic heterocycles. The fourth-order valence-corrected chi connectivity index (χ4v) is 3.03. The van der Waals surface area contributed by atoms with Gasteiger partial charge >= 0.3 is 5.97 Å². The van der Waals surface area contributed by atoms with E-state index >= 15 is 0 Å². The minimum Gasteiger partial charge on any atom is -0.477 e. The lowest BCUT2D eigenvalue weighted by Gasteiger charge is -2.21. The smallest absolute Gasteiger partial charge is 0.354 e. The first kappa shape index (κ1) is 10.4. The molecule has 5 nitrogen and oxygen atoms in total. The maximum atomic E-state index is 10.9. The summed E-state index contributed by atoms with van der Waals surface area (Å²) in [6, 6.07) is 0. The number of thioether (sulfide) groups is 1. The number of carboxylic acids is 1. The van der Waals surface area contributed by atoms with E-state index in [4.69, 9.17) is 10.8 Å². The molecule has 0 spiro atoms. The largest absolute Gasteiger partial charge is 0.477 e. The minimum absolute atomic E-state index is 0.157. The van der Waals surface area contributed by atoms with Crippen molar-refractivity contribution in [3.63, 3.8) is 0 Å². The Morgan fingerprint density at radius 3 is 2.80 bits per heavy atom. The molecule has 0 bridgehead atoms. The Bertz CT molecular complexity index is 371. The number of nitrogens with zero attached hydrogens (tertiary/aromatic N) is 1. The van der Waals surface area contributed by atoms with Gasteiger partial charge in [-0.25, -0.2) is 4.79 Å². The molecule has 1 aliphatic rings. The Balaban J connectivity index is 2.32. The molecule has 0 atom stereocenters. The summed E-state index contributed by atoms with van der Waals surface area (Å²) in [5, 5.41) is 15.2. The third kappa shape index (κ3) is 1.94. The zero-order chi connectivity index (χ0) is 10.8. The molecule has 1 aromatic rings. The summed E-state index contributed by atoms with van der Waals surface area (Å²) in [5.74, 6) is 1.73. The molecule has 0 aliphatic carbocycles. The average molecular weight is 227 g/mol. The number of anilines is 1. The van der Waals surface area contributed by atoms with Crippen LogP contribution in [0.4, 0.5) is 5.82 Å². The topological polar surface area (TPSA) is 92.0 Å². The first-order chi connectivity index (χ1) is 7.20. The Hall–Kier alpha value is -1.17.